The second kappa shape index (κ2) is 8.06. The summed E-state index contributed by atoms with van der Waals surface area (Å²) in [5, 5.41) is 3.42. The fourth-order valence-corrected chi connectivity index (χ4v) is 1.51. The van der Waals surface area contributed by atoms with Gasteiger partial charge in [-0.15, -0.1) is 0 Å². The van der Waals surface area contributed by atoms with E-state index in [1.807, 2.05) is 0 Å². The third kappa shape index (κ3) is 6.36. The smallest absolute Gasteiger partial charge is 0.00206 e. The van der Waals surface area contributed by atoms with E-state index in [1.165, 1.54) is 32.2 Å². The molecule has 0 saturated heterocycles. The van der Waals surface area contributed by atoms with Gasteiger partial charge in [0.1, 0.15) is 0 Å². The Bertz CT molecular complexity index is 65.3. The van der Waals surface area contributed by atoms with Gasteiger partial charge in [0, 0.05) is 0 Å². The van der Waals surface area contributed by atoms with E-state index in [4.69, 9.17) is 0 Å². The van der Waals surface area contributed by atoms with Crippen LogP contribution in [-0.4, -0.2) is 13.1 Å². The maximum Gasteiger partial charge on any atom is -0.00206 e. The molecule has 0 rings (SSSR count). The minimum atomic E-state index is 0.921. The molecule has 0 aromatic rings. The Morgan fingerprint density at radius 1 is 1.00 bits per heavy atom. The fraction of sp³-hybridized carbons (Fsp3) is 1.00. The lowest BCUT2D eigenvalue weighted by atomic mass is 9.98. The van der Waals surface area contributed by atoms with Crippen LogP contribution >= 0.6 is 0 Å². The summed E-state index contributed by atoms with van der Waals surface area (Å²) in [6.07, 6.45) is 5.44. The van der Waals surface area contributed by atoms with Crippen LogP contribution < -0.4 is 5.32 Å². The average Bonchev–Trinajstić information content (AvgIpc) is 2.01. The van der Waals surface area contributed by atoms with Gasteiger partial charge < -0.3 is 5.32 Å². The van der Waals surface area contributed by atoms with Crippen LogP contribution in [0.4, 0.5) is 0 Å². The van der Waals surface area contributed by atoms with Gasteiger partial charge in [-0.1, -0.05) is 33.6 Å². The van der Waals surface area contributed by atoms with Crippen molar-refractivity contribution in [3.8, 4) is 0 Å². The topological polar surface area (TPSA) is 12.0 Å². The van der Waals surface area contributed by atoms with Crippen molar-refractivity contribution in [1.82, 2.24) is 5.32 Å². The molecular formula is C10H23N. The quantitative estimate of drug-likeness (QED) is 0.599. The van der Waals surface area contributed by atoms with Crippen LogP contribution in [0.2, 0.25) is 0 Å². The molecule has 0 spiro atoms. The zero-order chi connectivity index (χ0) is 8.53. The van der Waals surface area contributed by atoms with E-state index in [-0.39, 0.29) is 0 Å². The SMILES string of the molecule is CCCC(CCC)CNCC. The Morgan fingerprint density at radius 2 is 1.55 bits per heavy atom. The normalized spacial score (nSPS) is 10.9. The molecular weight excluding hydrogens is 134 g/mol. The zero-order valence-electron chi connectivity index (χ0n) is 8.32. The molecule has 0 aliphatic rings. The Morgan fingerprint density at radius 3 is 1.91 bits per heavy atom. The first-order valence-electron chi connectivity index (χ1n) is 5.05. The van der Waals surface area contributed by atoms with Gasteiger partial charge in [0.15, 0.2) is 0 Å². The summed E-state index contributed by atoms with van der Waals surface area (Å²) >= 11 is 0. The summed E-state index contributed by atoms with van der Waals surface area (Å²) in [4.78, 5) is 0. The Kier molecular flexibility index (Phi) is 8.03. The van der Waals surface area contributed by atoms with Gasteiger partial charge in [-0.25, -0.2) is 0 Å². The molecule has 0 fully saturated rings. The van der Waals surface area contributed by atoms with Crippen LogP contribution in [0, 0.1) is 5.92 Å². The van der Waals surface area contributed by atoms with Crippen LogP contribution in [0.5, 0.6) is 0 Å². The molecule has 11 heavy (non-hydrogen) atoms. The van der Waals surface area contributed by atoms with E-state index in [2.05, 4.69) is 26.1 Å². The predicted octanol–water partition coefficient (Wildman–Crippen LogP) is 2.81. The Balaban J connectivity index is 3.34. The number of rotatable bonds is 7. The molecule has 1 heteroatoms. The minimum Gasteiger partial charge on any atom is -0.317 e. The van der Waals surface area contributed by atoms with Gasteiger partial charge in [-0.2, -0.15) is 0 Å². The Hall–Kier alpha value is -0.0400. The first kappa shape index (κ1) is 11.0. The largest absolute Gasteiger partial charge is 0.317 e. The third-order valence-corrected chi connectivity index (χ3v) is 2.08. The van der Waals surface area contributed by atoms with E-state index in [9.17, 15) is 0 Å². The maximum absolute atomic E-state index is 3.42. The van der Waals surface area contributed by atoms with Crippen LogP contribution in [0.25, 0.3) is 0 Å². The molecule has 0 aromatic heterocycles. The standard InChI is InChI=1S/C10H23N/c1-4-7-10(8-5-2)9-11-6-3/h10-11H,4-9H2,1-3H3. The van der Waals surface area contributed by atoms with Gasteiger partial charge in [0.2, 0.25) is 0 Å². The molecule has 0 atom stereocenters. The molecule has 0 bridgehead atoms. The lowest BCUT2D eigenvalue weighted by Gasteiger charge is -2.14. The lowest BCUT2D eigenvalue weighted by Crippen LogP contribution is -2.22. The van der Waals surface area contributed by atoms with Gasteiger partial charge in [-0.3, -0.25) is 0 Å². The highest BCUT2D eigenvalue weighted by Gasteiger charge is 2.04. The molecule has 0 aromatic carbocycles. The van der Waals surface area contributed by atoms with Gasteiger partial charge in [-0.05, 0) is 31.8 Å². The van der Waals surface area contributed by atoms with Crippen molar-refractivity contribution < 1.29 is 0 Å². The summed E-state index contributed by atoms with van der Waals surface area (Å²) in [7, 11) is 0. The van der Waals surface area contributed by atoms with Crippen molar-refractivity contribution in [1.29, 1.82) is 0 Å². The van der Waals surface area contributed by atoms with E-state index in [0.29, 0.717) is 0 Å². The molecule has 68 valence electrons. The number of hydrogen-bond donors (Lipinski definition) is 1. The highest BCUT2D eigenvalue weighted by molar-refractivity contribution is 4.60. The average molecular weight is 157 g/mol. The summed E-state index contributed by atoms with van der Waals surface area (Å²) in [6, 6.07) is 0. The van der Waals surface area contributed by atoms with E-state index in [0.717, 1.165) is 12.5 Å². The van der Waals surface area contributed by atoms with E-state index in [1.54, 1.807) is 0 Å². The summed E-state index contributed by atoms with van der Waals surface area (Å²) in [5.74, 6) is 0.921. The van der Waals surface area contributed by atoms with Gasteiger partial charge in [0.05, 0.1) is 0 Å². The van der Waals surface area contributed by atoms with Gasteiger partial charge >= 0.3 is 0 Å². The second-order valence-electron chi connectivity index (χ2n) is 3.25. The van der Waals surface area contributed by atoms with Crippen molar-refractivity contribution in [2.75, 3.05) is 13.1 Å². The third-order valence-electron chi connectivity index (χ3n) is 2.08. The minimum absolute atomic E-state index is 0.921. The zero-order valence-corrected chi connectivity index (χ0v) is 8.32. The van der Waals surface area contributed by atoms with E-state index < -0.39 is 0 Å². The molecule has 0 aliphatic carbocycles. The fourth-order valence-electron chi connectivity index (χ4n) is 1.51. The van der Waals surface area contributed by atoms with Crippen molar-refractivity contribution in [3.63, 3.8) is 0 Å². The Labute approximate surface area is 71.6 Å². The molecule has 0 aliphatic heterocycles. The summed E-state index contributed by atoms with van der Waals surface area (Å²) < 4.78 is 0. The van der Waals surface area contributed by atoms with E-state index >= 15 is 0 Å². The number of nitrogens with one attached hydrogen (secondary N) is 1. The van der Waals surface area contributed by atoms with Crippen molar-refractivity contribution >= 4 is 0 Å². The molecule has 1 N–H and O–H groups in total. The van der Waals surface area contributed by atoms with Gasteiger partial charge in [0.25, 0.3) is 0 Å². The van der Waals surface area contributed by atoms with Crippen LogP contribution in [0.3, 0.4) is 0 Å². The maximum atomic E-state index is 3.42. The van der Waals surface area contributed by atoms with Crippen molar-refractivity contribution in [2.24, 2.45) is 5.92 Å². The van der Waals surface area contributed by atoms with Crippen LogP contribution in [0.1, 0.15) is 46.5 Å². The predicted molar refractivity (Wildman–Crippen MR) is 51.8 cm³/mol. The molecule has 0 saturated carbocycles. The lowest BCUT2D eigenvalue weighted by molar-refractivity contribution is 0.415. The van der Waals surface area contributed by atoms with Crippen molar-refractivity contribution in [3.05, 3.63) is 0 Å². The van der Waals surface area contributed by atoms with Crippen LogP contribution in [-0.2, 0) is 0 Å². The molecule has 1 nitrogen and oxygen atoms in total. The number of hydrogen-bond acceptors (Lipinski definition) is 1. The van der Waals surface area contributed by atoms with Crippen molar-refractivity contribution in [2.45, 2.75) is 46.5 Å². The highest BCUT2D eigenvalue weighted by atomic mass is 14.8. The molecule has 0 heterocycles. The second-order valence-corrected chi connectivity index (χ2v) is 3.25. The van der Waals surface area contributed by atoms with Crippen LogP contribution in [0.15, 0.2) is 0 Å². The monoisotopic (exact) mass is 157 g/mol. The summed E-state index contributed by atoms with van der Waals surface area (Å²) in [5.41, 5.74) is 0. The first-order chi connectivity index (χ1) is 5.35. The molecule has 0 amide bonds. The highest BCUT2D eigenvalue weighted by Crippen LogP contribution is 2.11. The first-order valence-corrected chi connectivity index (χ1v) is 5.05. The summed E-state index contributed by atoms with van der Waals surface area (Å²) in [6.45, 7) is 9.06. The molecule has 0 unspecified atom stereocenters. The molecule has 0 radical (unpaired) electrons.